The van der Waals surface area contributed by atoms with Gasteiger partial charge in [-0.2, -0.15) is 0 Å². The molecule has 9 heteroatoms. The number of amides is 1. The Morgan fingerprint density at radius 2 is 1.89 bits per heavy atom. The van der Waals surface area contributed by atoms with E-state index in [1.165, 1.54) is 5.56 Å². The van der Waals surface area contributed by atoms with Gasteiger partial charge in [0.1, 0.15) is 0 Å². The molecule has 2 heterocycles. The lowest BCUT2D eigenvalue weighted by atomic mass is 10.1. The van der Waals surface area contributed by atoms with Gasteiger partial charge in [0.2, 0.25) is 12.7 Å². The van der Waals surface area contributed by atoms with Crippen LogP contribution in [0.5, 0.6) is 11.5 Å². The first kappa shape index (κ1) is 19.1. The van der Waals surface area contributed by atoms with E-state index < -0.39 is 0 Å². The number of fused-ring (bicyclic) bond motifs is 1. The monoisotopic (exact) mass is 403 g/mol. The second-order valence-electron chi connectivity index (χ2n) is 7.31. The zero-order valence-electron chi connectivity index (χ0n) is 15.9. The molecule has 3 aliphatic rings. The Balaban J connectivity index is 1.26. The highest BCUT2D eigenvalue weighted by Gasteiger charge is 2.31. The molecule has 1 saturated heterocycles. The zero-order chi connectivity index (χ0) is 19.7. The summed E-state index contributed by atoms with van der Waals surface area (Å²) in [5.41, 5.74) is 1.19. The van der Waals surface area contributed by atoms with Gasteiger partial charge in [-0.3, -0.25) is 20.5 Å². The van der Waals surface area contributed by atoms with Crippen molar-refractivity contribution in [3.8, 4) is 11.5 Å². The van der Waals surface area contributed by atoms with E-state index in [2.05, 4.69) is 23.2 Å². The molecule has 1 atom stereocenters. The molecule has 0 aromatic heterocycles. The molecule has 4 rings (SSSR count). The molecule has 1 aromatic carbocycles. The minimum absolute atomic E-state index is 0.0399. The summed E-state index contributed by atoms with van der Waals surface area (Å²) in [7, 11) is 0. The van der Waals surface area contributed by atoms with Crippen LogP contribution in [0.2, 0.25) is 0 Å². The molecule has 150 valence electrons. The summed E-state index contributed by atoms with van der Waals surface area (Å²) in [5.74, 6) is 1.57. The van der Waals surface area contributed by atoms with E-state index >= 15 is 0 Å². The van der Waals surface area contributed by atoms with Gasteiger partial charge < -0.3 is 19.7 Å². The molecule has 0 spiro atoms. The number of carbonyl (C=O) groups is 1. The van der Waals surface area contributed by atoms with Gasteiger partial charge in [0.05, 0.1) is 0 Å². The molecule has 1 aliphatic carbocycles. The van der Waals surface area contributed by atoms with E-state index in [9.17, 15) is 4.79 Å². The number of piperazine rings is 1. The highest BCUT2D eigenvalue weighted by molar-refractivity contribution is 8.26. The Kier molecular flexibility index (Phi) is 5.45. The molecule has 8 nitrogen and oxygen atoms in total. The molecule has 0 radical (unpaired) electrons. The molecule has 3 N–H and O–H groups in total. The largest absolute Gasteiger partial charge is 0.454 e. The third-order valence-corrected chi connectivity index (χ3v) is 6.17. The fourth-order valence-electron chi connectivity index (χ4n) is 3.44. The van der Waals surface area contributed by atoms with Crippen molar-refractivity contribution in [1.82, 2.24) is 15.1 Å². The summed E-state index contributed by atoms with van der Waals surface area (Å²) in [5, 5.41) is 19.1. The topological polar surface area (TPSA) is 102 Å². The Hall–Kier alpha value is -2.26. The third kappa shape index (κ3) is 4.25. The molecule has 28 heavy (non-hydrogen) atoms. The summed E-state index contributed by atoms with van der Waals surface area (Å²) in [6.07, 6.45) is 1.81. The van der Waals surface area contributed by atoms with Crippen molar-refractivity contribution in [2.75, 3.05) is 33.0 Å². The van der Waals surface area contributed by atoms with Gasteiger partial charge in [-0.1, -0.05) is 6.07 Å². The van der Waals surface area contributed by atoms with Crippen molar-refractivity contribution < 1.29 is 14.3 Å². The summed E-state index contributed by atoms with van der Waals surface area (Å²) in [6, 6.07) is 6.32. The number of hydrogen-bond donors (Lipinski definition) is 3. The SMILES string of the molecule is CC(c1ccc2c(c1)OCO2)N1CCN(C(=N)SC(=N)NC(=O)C2CC2)CC1. The van der Waals surface area contributed by atoms with Crippen LogP contribution < -0.4 is 14.8 Å². The number of benzene rings is 1. The summed E-state index contributed by atoms with van der Waals surface area (Å²) in [6.45, 7) is 5.58. The molecule has 1 aromatic rings. The van der Waals surface area contributed by atoms with Crippen LogP contribution >= 0.6 is 11.8 Å². The van der Waals surface area contributed by atoms with Crippen molar-refractivity contribution in [3.63, 3.8) is 0 Å². The number of thioether (sulfide) groups is 1. The third-order valence-electron chi connectivity index (χ3n) is 5.41. The maximum Gasteiger partial charge on any atom is 0.231 e. The quantitative estimate of drug-likeness (QED) is 0.528. The number of nitrogens with one attached hydrogen (secondary N) is 3. The molecule has 1 amide bonds. The number of ether oxygens (including phenoxy) is 2. The number of hydrogen-bond acceptors (Lipinski definition) is 7. The van der Waals surface area contributed by atoms with Gasteiger partial charge in [0.15, 0.2) is 21.8 Å². The average molecular weight is 404 g/mol. The smallest absolute Gasteiger partial charge is 0.231 e. The molecule has 2 fully saturated rings. The van der Waals surface area contributed by atoms with Crippen molar-refractivity contribution in [3.05, 3.63) is 23.8 Å². The summed E-state index contributed by atoms with van der Waals surface area (Å²) in [4.78, 5) is 16.1. The van der Waals surface area contributed by atoms with Crippen molar-refractivity contribution in [1.29, 1.82) is 10.8 Å². The van der Waals surface area contributed by atoms with Gasteiger partial charge in [0, 0.05) is 38.1 Å². The Bertz CT molecular complexity index is 790. The van der Waals surface area contributed by atoms with Crippen LogP contribution in [0.3, 0.4) is 0 Å². The molecular formula is C19H25N5O3S. The van der Waals surface area contributed by atoms with E-state index in [-0.39, 0.29) is 29.8 Å². The van der Waals surface area contributed by atoms with Crippen LogP contribution in [0.4, 0.5) is 0 Å². The standard InChI is InChI=1S/C19H25N5O3S/c1-12(14-4-5-15-16(10-14)27-11-26-15)23-6-8-24(9-7-23)19(21)28-18(20)22-17(25)13-2-3-13/h4-5,10,12-13,21H,2-3,6-9,11H2,1H3,(H2,20,22,25). The van der Waals surface area contributed by atoms with E-state index in [4.69, 9.17) is 20.3 Å². The first-order valence-corrected chi connectivity index (χ1v) is 10.4. The van der Waals surface area contributed by atoms with Crippen LogP contribution in [0.1, 0.15) is 31.4 Å². The highest BCUT2D eigenvalue weighted by Crippen LogP contribution is 2.35. The second kappa shape index (κ2) is 8.00. The van der Waals surface area contributed by atoms with Crippen LogP contribution in [0, 0.1) is 16.7 Å². The van der Waals surface area contributed by atoms with Crippen molar-refractivity contribution in [2.45, 2.75) is 25.8 Å². The zero-order valence-corrected chi connectivity index (χ0v) is 16.7. The Morgan fingerprint density at radius 3 is 2.61 bits per heavy atom. The lowest BCUT2D eigenvalue weighted by Gasteiger charge is -2.39. The first-order valence-electron chi connectivity index (χ1n) is 9.55. The van der Waals surface area contributed by atoms with Gasteiger partial charge in [-0.05, 0) is 49.2 Å². The summed E-state index contributed by atoms with van der Waals surface area (Å²) >= 11 is 1.01. The van der Waals surface area contributed by atoms with E-state index in [1.54, 1.807) is 0 Å². The Morgan fingerprint density at radius 1 is 1.18 bits per heavy atom. The fraction of sp³-hybridized carbons (Fsp3) is 0.526. The fourth-order valence-corrected chi connectivity index (χ4v) is 4.10. The van der Waals surface area contributed by atoms with Gasteiger partial charge in [0.25, 0.3) is 0 Å². The highest BCUT2D eigenvalue weighted by atomic mass is 32.2. The van der Waals surface area contributed by atoms with Crippen LogP contribution in [-0.2, 0) is 4.79 Å². The van der Waals surface area contributed by atoms with Crippen molar-refractivity contribution >= 4 is 28.0 Å². The minimum atomic E-state index is -0.0901. The Labute approximate surface area is 168 Å². The predicted molar refractivity (Wildman–Crippen MR) is 108 cm³/mol. The number of carbonyl (C=O) groups excluding carboxylic acids is 1. The van der Waals surface area contributed by atoms with Crippen LogP contribution in [0.15, 0.2) is 18.2 Å². The van der Waals surface area contributed by atoms with Gasteiger partial charge >= 0.3 is 0 Å². The van der Waals surface area contributed by atoms with E-state index in [0.29, 0.717) is 5.17 Å². The number of rotatable bonds is 3. The molecule has 2 aliphatic heterocycles. The minimum Gasteiger partial charge on any atom is -0.454 e. The van der Waals surface area contributed by atoms with E-state index in [1.807, 2.05) is 17.0 Å². The lowest BCUT2D eigenvalue weighted by Crippen LogP contribution is -2.48. The maximum absolute atomic E-state index is 11.7. The maximum atomic E-state index is 11.7. The molecule has 1 saturated carbocycles. The molecule has 0 bridgehead atoms. The van der Waals surface area contributed by atoms with Gasteiger partial charge in [-0.25, -0.2) is 0 Å². The molecule has 1 unspecified atom stereocenters. The summed E-state index contributed by atoms with van der Waals surface area (Å²) < 4.78 is 10.9. The number of nitrogens with zero attached hydrogens (tertiary/aromatic N) is 2. The first-order chi connectivity index (χ1) is 13.5. The van der Waals surface area contributed by atoms with Crippen molar-refractivity contribution in [2.24, 2.45) is 5.92 Å². The van der Waals surface area contributed by atoms with Gasteiger partial charge in [-0.15, -0.1) is 0 Å². The lowest BCUT2D eigenvalue weighted by molar-refractivity contribution is -0.120. The number of amidine groups is 2. The molecular weight excluding hydrogens is 378 g/mol. The van der Waals surface area contributed by atoms with Crippen LogP contribution in [0.25, 0.3) is 0 Å². The normalized spacial score (nSPS) is 20.0. The predicted octanol–water partition coefficient (Wildman–Crippen LogP) is 2.22. The van der Waals surface area contributed by atoms with Crippen LogP contribution in [-0.4, -0.2) is 59.0 Å². The van der Waals surface area contributed by atoms with E-state index in [0.717, 1.165) is 62.3 Å². The average Bonchev–Trinajstić information content (AvgIpc) is 3.45. The second-order valence-corrected chi connectivity index (χ2v) is 8.31.